The van der Waals surface area contributed by atoms with E-state index >= 15 is 0 Å². The molecule has 0 aliphatic rings. The average molecular weight is 578 g/mol. The molecule has 0 saturated carbocycles. The molecule has 2 aromatic carbocycles. The summed E-state index contributed by atoms with van der Waals surface area (Å²) in [4.78, 5) is 32.8. The summed E-state index contributed by atoms with van der Waals surface area (Å²) >= 11 is 14.0. The molecule has 0 fully saturated rings. The van der Waals surface area contributed by atoms with E-state index in [-0.39, 0.29) is 18.4 Å². The molecule has 0 spiro atoms. The fourth-order valence-corrected chi connectivity index (χ4v) is 5.51. The number of benzene rings is 2. The smallest absolute Gasteiger partial charge is 0.254 e. The molecule has 0 aliphatic carbocycles. The number of hydrogen-bond donors (Lipinski definition) is 0. The second kappa shape index (κ2) is 14.4. The summed E-state index contributed by atoms with van der Waals surface area (Å²) in [6.07, 6.45) is 2.30. The van der Waals surface area contributed by atoms with E-state index in [1.165, 1.54) is 4.88 Å². The predicted molar refractivity (Wildman–Crippen MR) is 155 cm³/mol. The number of carbonyl (C=O) groups excluding carboxylic acids is 2. The quantitative estimate of drug-likeness (QED) is 0.222. The zero-order valence-electron chi connectivity index (χ0n) is 22.3. The molecule has 0 atom stereocenters. The van der Waals surface area contributed by atoms with Crippen LogP contribution in [0.25, 0.3) is 0 Å². The molecule has 1 aromatic heterocycles. The van der Waals surface area contributed by atoms with E-state index in [2.05, 4.69) is 13.0 Å². The third kappa shape index (κ3) is 8.38. The van der Waals surface area contributed by atoms with E-state index in [0.29, 0.717) is 53.2 Å². The molecule has 0 radical (unpaired) electrons. The Balaban J connectivity index is 1.81. The van der Waals surface area contributed by atoms with Crippen molar-refractivity contribution >= 4 is 46.4 Å². The third-order valence-corrected chi connectivity index (χ3v) is 7.54. The molecule has 6 nitrogen and oxygen atoms in total. The van der Waals surface area contributed by atoms with Crippen LogP contribution >= 0.6 is 34.5 Å². The summed E-state index contributed by atoms with van der Waals surface area (Å²) in [5, 5.41) is 0.763. The molecule has 3 aromatic rings. The molecular formula is C29H34Cl2N2O4S. The number of thiophene rings is 1. The first-order chi connectivity index (χ1) is 18.2. The van der Waals surface area contributed by atoms with Crippen molar-refractivity contribution in [3.63, 3.8) is 0 Å². The second-order valence-corrected chi connectivity index (χ2v) is 11.3. The van der Waals surface area contributed by atoms with Crippen molar-refractivity contribution in [2.24, 2.45) is 0 Å². The summed E-state index contributed by atoms with van der Waals surface area (Å²) < 4.78 is 10.8. The van der Waals surface area contributed by atoms with E-state index in [1.54, 1.807) is 48.7 Å². The van der Waals surface area contributed by atoms with Gasteiger partial charge >= 0.3 is 0 Å². The highest BCUT2D eigenvalue weighted by Gasteiger charge is 2.23. The maximum atomic E-state index is 13.7. The average Bonchev–Trinajstić information content (AvgIpc) is 3.31. The molecule has 0 bridgehead atoms. The largest absolute Gasteiger partial charge is 0.493 e. The molecule has 9 heteroatoms. The second-order valence-electron chi connectivity index (χ2n) is 9.01. The van der Waals surface area contributed by atoms with Gasteiger partial charge in [0, 0.05) is 38.5 Å². The van der Waals surface area contributed by atoms with Crippen LogP contribution in [0.15, 0.2) is 48.5 Å². The first kappa shape index (κ1) is 29.8. The molecule has 0 N–H and O–H groups in total. The zero-order chi connectivity index (χ0) is 27.7. The summed E-state index contributed by atoms with van der Waals surface area (Å²) in [5.74, 6) is 0.926. The van der Waals surface area contributed by atoms with E-state index in [1.807, 2.05) is 36.1 Å². The maximum Gasteiger partial charge on any atom is 0.254 e. The van der Waals surface area contributed by atoms with Crippen molar-refractivity contribution in [2.75, 3.05) is 33.9 Å². The topological polar surface area (TPSA) is 59.1 Å². The number of carbonyl (C=O) groups is 2. The zero-order valence-corrected chi connectivity index (χ0v) is 24.6. The van der Waals surface area contributed by atoms with Gasteiger partial charge < -0.3 is 19.3 Å². The van der Waals surface area contributed by atoms with Crippen LogP contribution in [-0.4, -0.2) is 55.5 Å². The highest BCUT2D eigenvalue weighted by atomic mass is 35.5. The molecule has 38 heavy (non-hydrogen) atoms. The van der Waals surface area contributed by atoms with Gasteiger partial charge in [-0.15, -0.1) is 11.3 Å². The number of aryl methyl sites for hydroxylation is 1. The lowest BCUT2D eigenvalue weighted by molar-refractivity contribution is -0.132. The van der Waals surface area contributed by atoms with Gasteiger partial charge in [-0.05, 0) is 67.8 Å². The lowest BCUT2D eigenvalue weighted by Crippen LogP contribution is -2.43. The van der Waals surface area contributed by atoms with Crippen LogP contribution in [0.4, 0.5) is 0 Å². The Labute approximate surface area is 239 Å². The van der Waals surface area contributed by atoms with E-state index in [9.17, 15) is 9.59 Å². The number of methoxy groups -OCH3 is 2. The van der Waals surface area contributed by atoms with Crippen LogP contribution in [0.3, 0.4) is 0 Å². The minimum atomic E-state index is -0.261. The number of hydrogen-bond acceptors (Lipinski definition) is 5. The lowest BCUT2D eigenvalue weighted by Gasteiger charge is -2.28. The summed E-state index contributed by atoms with van der Waals surface area (Å²) in [6.45, 7) is 5.50. The van der Waals surface area contributed by atoms with Crippen LogP contribution in [0, 0.1) is 6.92 Å². The van der Waals surface area contributed by atoms with Crippen molar-refractivity contribution in [1.82, 2.24) is 9.80 Å². The Morgan fingerprint density at radius 2 is 1.61 bits per heavy atom. The fourth-order valence-electron chi connectivity index (χ4n) is 4.07. The molecule has 0 aliphatic heterocycles. The lowest BCUT2D eigenvalue weighted by atomic mass is 10.1. The van der Waals surface area contributed by atoms with Gasteiger partial charge in [-0.3, -0.25) is 9.59 Å². The minimum Gasteiger partial charge on any atom is -0.493 e. The Morgan fingerprint density at radius 1 is 0.895 bits per heavy atom. The Hall–Kier alpha value is -2.74. The Bertz CT molecular complexity index is 1230. The van der Waals surface area contributed by atoms with Gasteiger partial charge in [0.1, 0.15) is 6.54 Å². The number of unbranched alkanes of at least 4 members (excludes halogenated alkanes) is 1. The van der Waals surface area contributed by atoms with Crippen molar-refractivity contribution < 1.29 is 19.1 Å². The van der Waals surface area contributed by atoms with E-state index in [0.717, 1.165) is 23.3 Å². The monoisotopic (exact) mass is 576 g/mol. The van der Waals surface area contributed by atoms with Gasteiger partial charge in [0.15, 0.2) is 11.5 Å². The number of amides is 2. The van der Waals surface area contributed by atoms with Gasteiger partial charge in [0.2, 0.25) is 5.91 Å². The van der Waals surface area contributed by atoms with Crippen LogP contribution in [-0.2, 0) is 17.8 Å². The maximum absolute atomic E-state index is 13.7. The first-order valence-electron chi connectivity index (χ1n) is 12.5. The van der Waals surface area contributed by atoms with Crippen molar-refractivity contribution in [3.8, 4) is 11.5 Å². The molecule has 3 rings (SSSR count). The molecule has 0 saturated heterocycles. The Morgan fingerprint density at radius 3 is 2.21 bits per heavy atom. The standard InChI is InChI=1S/C29H34Cl2N2O4S/c1-5-6-12-33(29(35)22-15-23(30)17-24(31)16-22)19-28(34)32(18-25-9-7-20(2)38-25)13-11-21-8-10-26(36-3)27(14-21)37-4/h7-10,14-17H,5-6,11-13,18-19H2,1-4H3. The van der Waals surface area contributed by atoms with Gasteiger partial charge in [-0.1, -0.05) is 42.6 Å². The number of rotatable bonds is 13. The predicted octanol–water partition coefficient (Wildman–Crippen LogP) is 6.89. The van der Waals surface area contributed by atoms with Gasteiger partial charge in [0.05, 0.1) is 20.8 Å². The summed E-state index contributed by atoms with van der Waals surface area (Å²) in [5.41, 5.74) is 1.40. The molecule has 204 valence electrons. The van der Waals surface area contributed by atoms with Crippen LogP contribution < -0.4 is 9.47 Å². The van der Waals surface area contributed by atoms with Gasteiger partial charge in [0.25, 0.3) is 5.91 Å². The van der Waals surface area contributed by atoms with Gasteiger partial charge in [-0.2, -0.15) is 0 Å². The number of nitrogens with zero attached hydrogens (tertiary/aromatic N) is 2. The van der Waals surface area contributed by atoms with Crippen LogP contribution in [0.1, 0.15) is 45.4 Å². The van der Waals surface area contributed by atoms with Crippen molar-refractivity contribution in [1.29, 1.82) is 0 Å². The van der Waals surface area contributed by atoms with Crippen molar-refractivity contribution in [3.05, 3.63) is 79.5 Å². The molecular weight excluding hydrogens is 543 g/mol. The normalized spacial score (nSPS) is 10.8. The first-order valence-corrected chi connectivity index (χ1v) is 14.1. The van der Waals surface area contributed by atoms with Crippen LogP contribution in [0.5, 0.6) is 11.5 Å². The van der Waals surface area contributed by atoms with Crippen molar-refractivity contribution in [2.45, 2.75) is 39.7 Å². The van der Waals surface area contributed by atoms with Gasteiger partial charge in [-0.25, -0.2) is 0 Å². The summed E-state index contributed by atoms with van der Waals surface area (Å²) in [7, 11) is 3.20. The number of ether oxygens (including phenoxy) is 2. The minimum absolute atomic E-state index is 0.0285. The highest BCUT2D eigenvalue weighted by molar-refractivity contribution is 7.11. The molecule has 1 heterocycles. The van der Waals surface area contributed by atoms with Crippen LogP contribution in [0.2, 0.25) is 10.0 Å². The third-order valence-electron chi connectivity index (χ3n) is 6.12. The Kier molecular flexibility index (Phi) is 11.3. The molecule has 2 amide bonds. The molecule has 0 unspecified atom stereocenters. The van der Waals surface area contributed by atoms with E-state index < -0.39 is 0 Å². The number of halogens is 2. The van der Waals surface area contributed by atoms with E-state index in [4.69, 9.17) is 32.7 Å². The SMILES string of the molecule is CCCCN(CC(=O)N(CCc1ccc(OC)c(OC)c1)Cc1ccc(C)s1)C(=O)c1cc(Cl)cc(Cl)c1. The summed E-state index contributed by atoms with van der Waals surface area (Å²) in [6, 6.07) is 14.6. The highest BCUT2D eigenvalue weighted by Crippen LogP contribution is 2.28. The fraction of sp³-hybridized carbons (Fsp3) is 0.379.